The van der Waals surface area contributed by atoms with Crippen molar-refractivity contribution in [1.29, 1.82) is 0 Å². The first-order valence-electron chi connectivity index (χ1n) is 12.9. The quantitative estimate of drug-likeness (QED) is 0.378. The van der Waals surface area contributed by atoms with E-state index in [4.69, 9.17) is 5.73 Å². The third kappa shape index (κ3) is 3.28. The van der Waals surface area contributed by atoms with Gasteiger partial charge in [0.2, 0.25) is 0 Å². The molecule has 7 N–H and O–H groups in total. The molecule has 0 radical (unpaired) electrons. The number of benzene rings is 1. The second-order valence-electron chi connectivity index (χ2n) is 11.7. The lowest BCUT2D eigenvalue weighted by Crippen LogP contribution is -2.58. The summed E-state index contributed by atoms with van der Waals surface area (Å²) in [7, 11) is 3.71. The number of rotatable bonds is 2. The lowest BCUT2D eigenvalue weighted by molar-refractivity contribution is -0.0922. The van der Waals surface area contributed by atoms with Crippen LogP contribution in [0.1, 0.15) is 44.6 Å². The van der Waals surface area contributed by atoms with E-state index in [1.54, 1.807) is 0 Å². The fraction of sp³-hybridized carbons (Fsp3) is 0.536. The van der Waals surface area contributed by atoms with Gasteiger partial charge in [0, 0.05) is 16.8 Å². The Morgan fingerprint density at radius 3 is 2.69 bits per heavy atom. The Bertz CT molecular complexity index is 1330. The molecule has 1 heterocycles. The molecule has 0 bridgehead atoms. The molecule has 1 saturated carbocycles. The molecular weight excluding hydrogens is 456 g/mol. The average molecular weight is 493 g/mol. The van der Waals surface area contributed by atoms with Crippen molar-refractivity contribution in [3.63, 3.8) is 0 Å². The SMILES string of the molecule is CN(C)[C@H]1C[C@]2(O)CCC3=C(C=C2[C@@H](O)[C@@H]1O)C(O)C[C@]1(C)C(c2ccc4[nH]nc(N)c4c2)=CCC31. The number of hydrogen-bond donors (Lipinski definition) is 6. The van der Waals surface area contributed by atoms with E-state index in [9.17, 15) is 20.4 Å². The van der Waals surface area contributed by atoms with Crippen LogP contribution in [0.4, 0.5) is 5.82 Å². The molecule has 0 aliphatic heterocycles. The zero-order valence-electron chi connectivity index (χ0n) is 21.1. The van der Waals surface area contributed by atoms with Gasteiger partial charge in [0.05, 0.1) is 23.3 Å². The molecular formula is C28H36N4O4. The molecule has 4 aliphatic carbocycles. The maximum absolute atomic E-state index is 11.7. The molecule has 4 aliphatic rings. The van der Waals surface area contributed by atoms with Gasteiger partial charge < -0.3 is 31.1 Å². The first kappa shape index (κ1) is 23.9. The van der Waals surface area contributed by atoms with Crippen molar-refractivity contribution in [3.05, 3.63) is 52.6 Å². The maximum atomic E-state index is 11.7. The van der Waals surface area contributed by atoms with E-state index in [0.29, 0.717) is 37.1 Å². The molecule has 8 heteroatoms. The Morgan fingerprint density at radius 2 is 1.94 bits per heavy atom. The number of H-pyrrole nitrogens is 1. The summed E-state index contributed by atoms with van der Waals surface area (Å²) in [4.78, 5) is 1.86. The van der Waals surface area contributed by atoms with Crippen molar-refractivity contribution in [3.8, 4) is 0 Å². The summed E-state index contributed by atoms with van der Waals surface area (Å²) in [5, 5.41) is 53.0. The van der Waals surface area contributed by atoms with Crippen molar-refractivity contribution in [1.82, 2.24) is 15.1 Å². The summed E-state index contributed by atoms with van der Waals surface area (Å²) in [5.41, 5.74) is 10.2. The Morgan fingerprint density at radius 1 is 1.17 bits per heavy atom. The minimum absolute atomic E-state index is 0.190. The number of aromatic amines is 1. The standard InChI is InChI=1S/C28H36N4O4/c1-27-13-23(33)16-11-20-24(34)25(35)22(32(2)3)12-28(20,36)9-8-15(16)19(27)6-5-18(27)14-4-7-21-17(10-14)26(29)31-30-21/h4-5,7,10-11,19,22-25,33-36H,6,8-9,12-13H2,1-3H3,(H3,29,30,31)/t19?,22-,23?,24+,25+,27+,28+/m0/s1. The van der Waals surface area contributed by atoms with E-state index in [0.717, 1.165) is 34.0 Å². The number of aromatic nitrogens is 2. The normalized spacial score (nSPS) is 38.4. The van der Waals surface area contributed by atoms with E-state index in [1.807, 2.05) is 31.1 Å². The lowest BCUT2D eigenvalue weighted by atomic mass is 9.61. The van der Waals surface area contributed by atoms with Gasteiger partial charge in [-0.25, -0.2) is 0 Å². The van der Waals surface area contributed by atoms with Gasteiger partial charge in [-0.05, 0) is 86.5 Å². The van der Waals surface area contributed by atoms with Crippen LogP contribution in [0, 0.1) is 11.3 Å². The van der Waals surface area contributed by atoms with Crippen molar-refractivity contribution in [2.75, 3.05) is 19.8 Å². The van der Waals surface area contributed by atoms with Gasteiger partial charge in [0.15, 0.2) is 5.82 Å². The van der Waals surface area contributed by atoms with E-state index in [2.05, 4.69) is 35.3 Å². The zero-order valence-corrected chi connectivity index (χ0v) is 21.1. The number of likely N-dealkylation sites (N-methyl/N-ethyl adjacent to an activating group) is 1. The van der Waals surface area contributed by atoms with Crippen LogP contribution in [-0.2, 0) is 0 Å². The van der Waals surface area contributed by atoms with Gasteiger partial charge in [-0.2, -0.15) is 5.10 Å². The Kier molecular flexibility index (Phi) is 5.31. The lowest BCUT2D eigenvalue weighted by Gasteiger charge is -2.46. The van der Waals surface area contributed by atoms with E-state index < -0.39 is 23.9 Å². The summed E-state index contributed by atoms with van der Waals surface area (Å²) >= 11 is 0. The molecule has 7 atom stereocenters. The highest BCUT2D eigenvalue weighted by Crippen LogP contribution is 2.60. The second kappa shape index (κ2) is 8.00. The maximum Gasteiger partial charge on any atom is 0.153 e. The third-order valence-corrected chi connectivity index (χ3v) is 9.52. The van der Waals surface area contributed by atoms with Crippen LogP contribution in [0.2, 0.25) is 0 Å². The number of nitrogens with zero attached hydrogens (tertiary/aromatic N) is 2. The van der Waals surface area contributed by atoms with E-state index in [1.165, 1.54) is 5.57 Å². The number of anilines is 1. The van der Waals surface area contributed by atoms with Crippen LogP contribution in [-0.4, -0.2) is 79.6 Å². The largest absolute Gasteiger partial charge is 0.388 e. The summed E-state index contributed by atoms with van der Waals surface area (Å²) in [5.74, 6) is 0.666. The van der Waals surface area contributed by atoms with Crippen LogP contribution < -0.4 is 5.73 Å². The highest BCUT2D eigenvalue weighted by atomic mass is 16.3. The van der Waals surface area contributed by atoms with Crippen molar-refractivity contribution in [2.45, 2.75) is 69.0 Å². The van der Waals surface area contributed by atoms with Gasteiger partial charge >= 0.3 is 0 Å². The number of fused-ring (bicyclic) bond motifs is 4. The monoisotopic (exact) mass is 492 g/mol. The molecule has 1 aromatic carbocycles. The minimum atomic E-state index is -1.22. The van der Waals surface area contributed by atoms with Gasteiger partial charge in [0.1, 0.15) is 6.10 Å². The number of nitrogen functional groups attached to an aromatic ring is 1. The topological polar surface area (TPSA) is 139 Å². The molecule has 192 valence electrons. The molecule has 36 heavy (non-hydrogen) atoms. The summed E-state index contributed by atoms with van der Waals surface area (Å²) < 4.78 is 0. The van der Waals surface area contributed by atoms with Crippen LogP contribution in [0.3, 0.4) is 0 Å². The highest BCUT2D eigenvalue weighted by molar-refractivity contribution is 5.92. The van der Waals surface area contributed by atoms with Gasteiger partial charge in [-0.1, -0.05) is 30.7 Å². The predicted octanol–water partition coefficient (Wildman–Crippen LogP) is 2.12. The molecule has 0 amide bonds. The summed E-state index contributed by atoms with van der Waals surface area (Å²) in [6.07, 6.45) is 4.03. The molecule has 8 nitrogen and oxygen atoms in total. The van der Waals surface area contributed by atoms with E-state index >= 15 is 0 Å². The molecule has 0 saturated heterocycles. The molecule has 2 unspecified atom stereocenters. The highest BCUT2D eigenvalue weighted by Gasteiger charge is 2.53. The summed E-state index contributed by atoms with van der Waals surface area (Å²) in [6, 6.07) is 5.81. The van der Waals surface area contributed by atoms with Crippen LogP contribution in [0.5, 0.6) is 0 Å². The first-order chi connectivity index (χ1) is 17.0. The number of hydrogen-bond acceptors (Lipinski definition) is 7. The number of allylic oxidation sites excluding steroid dienone is 3. The predicted molar refractivity (Wildman–Crippen MR) is 139 cm³/mol. The van der Waals surface area contributed by atoms with Crippen molar-refractivity contribution in [2.24, 2.45) is 11.3 Å². The zero-order chi connectivity index (χ0) is 25.6. The van der Waals surface area contributed by atoms with Gasteiger partial charge in [-0.3, -0.25) is 5.10 Å². The van der Waals surface area contributed by atoms with Crippen LogP contribution in [0.25, 0.3) is 16.5 Å². The fourth-order valence-electron chi connectivity index (χ4n) is 7.50. The van der Waals surface area contributed by atoms with Gasteiger partial charge in [-0.15, -0.1) is 0 Å². The Labute approximate surface area is 210 Å². The Hall–Kier alpha value is -2.49. The number of nitrogens with one attached hydrogen (secondary N) is 1. The molecule has 2 aromatic rings. The third-order valence-electron chi connectivity index (χ3n) is 9.52. The number of aliphatic hydroxyl groups excluding tert-OH is 3. The van der Waals surface area contributed by atoms with Crippen LogP contribution >= 0.6 is 0 Å². The fourth-order valence-corrected chi connectivity index (χ4v) is 7.50. The Balaban J connectivity index is 1.38. The number of nitrogens with two attached hydrogens (primary N) is 1. The molecule has 0 spiro atoms. The summed E-state index contributed by atoms with van der Waals surface area (Å²) in [6.45, 7) is 2.23. The smallest absolute Gasteiger partial charge is 0.153 e. The average Bonchev–Trinajstić information content (AvgIpc) is 3.31. The first-order valence-corrected chi connectivity index (χ1v) is 12.9. The van der Waals surface area contributed by atoms with Gasteiger partial charge in [0.25, 0.3) is 0 Å². The molecule has 6 rings (SSSR count). The molecule has 1 fully saturated rings. The van der Waals surface area contributed by atoms with Crippen molar-refractivity contribution < 1.29 is 20.4 Å². The van der Waals surface area contributed by atoms with E-state index in [-0.39, 0.29) is 17.4 Å². The van der Waals surface area contributed by atoms with Crippen LogP contribution in [0.15, 0.2) is 47.1 Å². The second-order valence-corrected chi connectivity index (χ2v) is 11.7. The number of aliphatic hydroxyl groups is 4. The molecule has 1 aromatic heterocycles. The minimum Gasteiger partial charge on any atom is -0.388 e. The van der Waals surface area contributed by atoms with Crippen molar-refractivity contribution >= 4 is 22.3 Å².